The van der Waals surface area contributed by atoms with Gasteiger partial charge >= 0.3 is 5.69 Å². The first-order valence-electron chi connectivity index (χ1n) is 2.73. The molecule has 0 bridgehead atoms. The molecular formula is C4H6BN3O. The Bertz CT molecular complexity index is 246. The Kier molecular flexibility index (Phi) is 1.62. The highest BCUT2D eigenvalue weighted by Gasteiger charge is 1.89. The van der Waals surface area contributed by atoms with Crippen molar-refractivity contribution in [3.63, 3.8) is 0 Å². The summed E-state index contributed by atoms with van der Waals surface area (Å²) in [5, 5.41) is 0. The number of rotatable bonds is 1. The fourth-order valence-electron chi connectivity index (χ4n) is 0.511. The van der Waals surface area contributed by atoms with Crippen molar-refractivity contribution >= 4 is 7.85 Å². The van der Waals surface area contributed by atoms with Crippen LogP contribution in [0.2, 0.25) is 0 Å². The molecule has 9 heavy (non-hydrogen) atoms. The van der Waals surface area contributed by atoms with Gasteiger partial charge in [0.1, 0.15) is 13.7 Å². The molecule has 0 unspecified atom stereocenters. The van der Waals surface area contributed by atoms with Crippen molar-refractivity contribution in [1.82, 2.24) is 15.0 Å². The van der Waals surface area contributed by atoms with E-state index in [2.05, 4.69) is 15.0 Å². The lowest BCUT2D eigenvalue weighted by atomic mass is 10.1. The Morgan fingerprint density at radius 3 is 3.00 bits per heavy atom. The summed E-state index contributed by atoms with van der Waals surface area (Å²) in [5.74, 6) is 0.582. The van der Waals surface area contributed by atoms with Gasteiger partial charge in [0, 0.05) is 0 Å². The molecule has 0 radical (unpaired) electrons. The van der Waals surface area contributed by atoms with E-state index in [1.54, 1.807) is 0 Å². The molecule has 0 aliphatic heterocycles. The SMILES string of the molecule is BCc1nc[nH]c(=O)n1. The quantitative estimate of drug-likeness (QED) is 0.452. The molecule has 0 saturated heterocycles. The number of hydrogen-bond acceptors (Lipinski definition) is 3. The lowest BCUT2D eigenvalue weighted by molar-refractivity contribution is 0.913. The highest BCUT2D eigenvalue weighted by atomic mass is 16.1. The van der Waals surface area contributed by atoms with Gasteiger partial charge in [-0.25, -0.2) is 9.78 Å². The minimum atomic E-state index is -0.332. The summed E-state index contributed by atoms with van der Waals surface area (Å²) in [5.41, 5.74) is -0.332. The molecule has 1 N–H and O–H groups in total. The van der Waals surface area contributed by atoms with Crippen LogP contribution in [0, 0.1) is 0 Å². The van der Waals surface area contributed by atoms with Crippen molar-refractivity contribution in [2.24, 2.45) is 0 Å². The Hall–Kier alpha value is -1.13. The molecule has 0 aliphatic rings. The second kappa shape index (κ2) is 2.43. The summed E-state index contributed by atoms with van der Waals surface area (Å²) < 4.78 is 0. The third kappa shape index (κ3) is 1.38. The maximum Gasteiger partial charge on any atom is 0.347 e. The molecule has 0 spiro atoms. The van der Waals surface area contributed by atoms with Gasteiger partial charge in [-0.3, -0.25) is 4.98 Å². The predicted octanol–water partition coefficient (Wildman–Crippen LogP) is -1.70. The van der Waals surface area contributed by atoms with Crippen molar-refractivity contribution < 1.29 is 0 Å². The predicted molar refractivity (Wildman–Crippen MR) is 34.9 cm³/mol. The van der Waals surface area contributed by atoms with Gasteiger partial charge in [-0.15, -0.1) is 0 Å². The fourth-order valence-corrected chi connectivity index (χ4v) is 0.511. The lowest BCUT2D eigenvalue weighted by Gasteiger charge is -1.87. The average Bonchev–Trinajstić information content (AvgIpc) is 1.88. The van der Waals surface area contributed by atoms with Gasteiger partial charge in [-0.2, -0.15) is 4.98 Å². The van der Waals surface area contributed by atoms with E-state index in [-0.39, 0.29) is 5.69 Å². The largest absolute Gasteiger partial charge is 0.347 e. The van der Waals surface area contributed by atoms with Gasteiger partial charge in [0.2, 0.25) is 0 Å². The normalized spacial score (nSPS) is 9.33. The summed E-state index contributed by atoms with van der Waals surface area (Å²) >= 11 is 0. The van der Waals surface area contributed by atoms with E-state index in [9.17, 15) is 4.79 Å². The van der Waals surface area contributed by atoms with Crippen LogP contribution in [-0.2, 0) is 6.32 Å². The summed E-state index contributed by atoms with van der Waals surface area (Å²) in [4.78, 5) is 20.1. The molecule has 1 aromatic heterocycles. The summed E-state index contributed by atoms with van der Waals surface area (Å²) in [6.07, 6.45) is 2.05. The van der Waals surface area contributed by atoms with Crippen LogP contribution >= 0.6 is 0 Å². The van der Waals surface area contributed by atoms with Crippen LogP contribution in [0.25, 0.3) is 0 Å². The number of hydrogen-bond donors (Lipinski definition) is 1. The summed E-state index contributed by atoms with van der Waals surface area (Å²) in [7, 11) is 1.90. The van der Waals surface area contributed by atoms with Crippen LogP contribution in [-0.4, -0.2) is 22.8 Å². The third-order valence-electron chi connectivity index (χ3n) is 0.948. The van der Waals surface area contributed by atoms with Gasteiger partial charge in [-0.1, -0.05) is 0 Å². The molecule has 0 amide bonds. The molecule has 5 heteroatoms. The van der Waals surface area contributed by atoms with Crippen LogP contribution < -0.4 is 5.69 Å². The highest BCUT2D eigenvalue weighted by molar-refractivity contribution is 6.07. The highest BCUT2D eigenvalue weighted by Crippen LogP contribution is 1.76. The zero-order valence-electron chi connectivity index (χ0n) is 5.09. The molecule has 0 atom stereocenters. The van der Waals surface area contributed by atoms with E-state index in [4.69, 9.17) is 0 Å². The molecule has 46 valence electrons. The van der Waals surface area contributed by atoms with E-state index in [1.807, 2.05) is 7.85 Å². The maximum absolute atomic E-state index is 10.4. The van der Waals surface area contributed by atoms with E-state index >= 15 is 0 Å². The summed E-state index contributed by atoms with van der Waals surface area (Å²) in [6, 6.07) is 0. The smallest absolute Gasteiger partial charge is 0.296 e. The van der Waals surface area contributed by atoms with E-state index in [0.29, 0.717) is 12.1 Å². The second-order valence-corrected chi connectivity index (χ2v) is 1.59. The Morgan fingerprint density at radius 1 is 1.78 bits per heavy atom. The van der Waals surface area contributed by atoms with Gasteiger partial charge < -0.3 is 0 Å². The Morgan fingerprint density at radius 2 is 2.56 bits per heavy atom. The van der Waals surface area contributed by atoms with Gasteiger partial charge in [0.15, 0.2) is 0 Å². The van der Waals surface area contributed by atoms with Crippen LogP contribution in [0.3, 0.4) is 0 Å². The van der Waals surface area contributed by atoms with Crippen LogP contribution in [0.4, 0.5) is 0 Å². The van der Waals surface area contributed by atoms with Crippen molar-refractivity contribution in [3.05, 3.63) is 22.6 Å². The number of nitrogens with one attached hydrogen (secondary N) is 1. The van der Waals surface area contributed by atoms with Gasteiger partial charge in [0.05, 0.1) is 6.33 Å². The summed E-state index contributed by atoms with van der Waals surface area (Å²) in [6.45, 7) is 0. The Balaban J connectivity index is 3.08. The minimum absolute atomic E-state index is 0.332. The average molecular weight is 123 g/mol. The van der Waals surface area contributed by atoms with Gasteiger partial charge in [0.25, 0.3) is 0 Å². The number of nitrogens with zero attached hydrogens (tertiary/aromatic N) is 2. The van der Waals surface area contributed by atoms with Crippen molar-refractivity contribution in [2.75, 3.05) is 0 Å². The maximum atomic E-state index is 10.4. The van der Waals surface area contributed by atoms with E-state index < -0.39 is 0 Å². The first kappa shape index (κ1) is 6.00. The molecule has 0 fully saturated rings. The minimum Gasteiger partial charge on any atom is -0.296 e. The fraction of sp³-hybridized carbons (Fsp3) is 0.250. The molecule has 1 aromatic rings. The number of aromatic amines is 1. The molecule has 0 aromatic carbocycles. The molecule has 1 heterocycles. The molecular weight excluding hydrogens is 117 g/mol. The van der Waals surface area contributed by atoms with E-state index in [0.717, 1.165) is 0 Å². The number of H-pyrrole nitrogens is 1. The van der Waals surface area contributed by atoms with Crippen LogP contribution in [0.15, 0.2) is 11.1 Å². The molecule has 0 saturated carbocycles. The molecule has 4 nitrogen and oxygen atoms in total. The van der Waals surface area contributed by atoms with Crippen LogP contribution in [0.5, 0.6) is 0 Å². The topological polar surface area (TPSA) is 58.6 Å². The number of aromatic nitrogens is 3. The van der Waals surface area contributed by atoms with Crippen molar-refractivity contribution in [3.8, 4) is 0 Å². The van der Waals surface area contributed by atoms with Gasteiger partial charge in [-0.05, 0) is 6.32 Å². The second-order valence-electron chi connectivity index (χ2n) is 1.59. The monoisotopic (exact) mass is 123 g/mol. The molecule has 1 rings (SSSR count). The molecule has 0 aliphatic carbocycles. The zero-order chi connectivity index (χ0) is 6.69. The third-order valence-corrected chi connectivity index (χ3v) is 0.948. The van der Waals surface area contributed by atoms with Crippen molar-refractivity contribution in [2.45, 2.75) is 6.32 Å². The lowest BCUT2D eigenvalue weighted by Crippen LogP contribution is -2.13. The zero-order valence-corrected chi connectivity index (χ0v) is 5.09. The van der Waals surface area contributed by atoms with Crippen LogP contribution in [0.1, 0.15) is 5.82 Å². The van der Waals surface area contributed by atoms with E-state index in [1.165, 1.54) is 6.33 Å². The first-order chi connectivity index (χ1) is 4.33. The first-order valence-corrected chi connectivity index (χ1v) is 2.73. The van der Waals surface area contributed by atoms with Crippen molar-refractivity contribution in [1.29, 1.82) is 0 Å². The Labute approximate surface area is 52.8 Å². The standard InChI is InChI=1S/C4H6BN3O/c5-1-3-6-2-7-4(9)8-3/h2H,1,5H2,(H,6,7,8,9).